The summed E-state index contributed by atoms with van der Waals surface area (Å²) < 4.78 is 22.1. The van der Waals surface area contributed by atoms with Crippen LogP contribution in [0.5, 0.6) is 5.88 Å². The fourth-order valence-corrected chi connectivity index (χ4v) is 5.61. The number of nitriles is 1. The number of hydrogen-bond acceptors (Lipinski definition) is 4. The number of rotatable bonds is 6. The van der Waals surface area contributed by atoms with E-state index in [0.717, 1.165) is 20.2 Å². The lowest BCUT2D eigenvalue weighted by molar-refractivity contribution is 0.262. The lowest BCUT2D eigenvalue weighted by Crippen LogP contribution is -2.40. The Balaban J connectivity index is 1.87. The average Bonchev–Trinajstić information content (AvgIpc) is 3.29. The number of nitrogens with one attached hydrogen (secondary N) is 1. The quantitative estimate of drug-likeness (QED) is 0.467. The molecule has 7 heteroatoms. The van der Waals surface area contributed by atoms with E-state index in [4.69, 9.17) is 10.00 Å². The number of halogens is 3. The van der Waals surface area contributed by atoms with Crippen LogP contribution in [0.1, 0.15) is 38.2 Å². The van der Waals surface area contributed by atoms with Crippen LogP contribution in [-0.2, 0) is 6.42 Å². The standard InChI is InChI=1S/C20H20BrFIN3O/c1-2-27-20-16(23)19(25-17-11-5-6-12(17)8-11)13-9-10(4-3-7-24)14(21)15(22)18(13)26-20/h9,11-12,17H,2-6,8H2,1H3,(H,25,26)/t11-,12+,17-. The minimum Gasteiger partial charge on any atom is -0.477 e. The summed E-state index contributed by atoms with van der Waals surface area (Å²) in [7, 11) is 0. The van der Waals surface area contributed by atoms with Crippen molar-refractivity contribution in [2.24, 2.45) is 11.8 Å². The molecule has 0 unspecified atom stereocenters. The second-order valence-corrected chi connectivity index (χ2v) is 9.13. The van der Waals surface area contributed by atoms with E-state index >= 15 is 4.39 Å². The monoisotopic (exact) mass is 543 g/mol. The topological polar surface area (TPSA) is 57.9 Å². The third-order valence-electron chi connectivity index (χ3n) is 5.77. The highest BCUT2D eigenvalue weighted by Crippen LogP contribution is 2.51. The molecule has 142 valence electrons. The van der Waals surface area contributed by atoms with Gasteiger partial charge in [-0.3, -0.25) is 0 Å². The first-order valence-electron chi connectivity index (χ1n) is 9.31. The van der Waals surface area contributed by atoms with Crippen molar-refractivity contribution in [3.8, 4) is 11.9 Å². The number of hydrogen-bond donors (Lipinski definition) is 1. The van der Waals surface area contributed by atoms with Crippen LogP contribution in [0.15, 0.2) is 10.5 Å². The van der Waals surface area contributed by atoms with E-state index < -0.39 is 5.82 Å². The van der Waals surface area contributed by atoms with Crippen LogP contribution in [0.4, 0.5) is 10.1 Å². The van der Waals surface area contributed by atoms with E-state index in [1.165, 1.54) is 19.3 Å². The number of aryl methyl sites for hydroxylation is 1. The van der Waals surface area contributed by atoms with Crippen LogP contribution in [-0.4, -0.2) is 17.6 Å². The summed E-state index contributed by atoms with van der Waals surface area (Å²) in [5.74, 6) is 1.50. The summed E-state index contributed by atoms with van der Waals surface area (Å²) in [6, 6.07) is 4.55. The van der Waals surface area contributed by atoms with Crippen LogP contribution in [0, 0.1) is 32.6 Å². The van der Waals surface area contributed by atoms with Gasteiger partial charge in [0.2, 0.25) is 5.88 Å². The van der Waals surface area contributed by atoms with Crippen molar-refractivity contribution in [1.29, 1.82) is 5.26 Å². The van der Waals surface area contributed by atoms with E-state index in [9.17, 15) is 0 Å². The molecule has 27 heavy (non-hydrogen) atoms. The highest BCUT2D eigenvalue weighted by Gasteiger charge is 2.47. The molecule has 3 saturated carbocycles. The summed E-state index contributed by atoms with van der Waals surface area (Å²) in [6.45, 7) is 2.38. The fraction of sp³-hybridized carbons (Fsp3) is 0.500. The van der Waals surface area contributed by atoms with Gasteiger partial charge in [0, 0.05) is 17.8 Å². The molecule has 1 N–H and O–H groups in total. The van der Waals surface area contributed by atoms with Crippen molar-refractivity contribution in [3.05, 3.63) is 25.5 Å². The molecular formula is C20H20BrFIN3O. The number of pyridine rings is 1. The molecule has 2 bridgehead atoms. The zero-order chi connectivity index (χ0) is 19.1. The molecule has 3 aliphatic carbocycles. The highest BCUT2D eigenvalue weighted by atomic mass is 127. The van der Waals surface area contributed by atoms with Crippen molar-refractivity contribution in [3.63, 3.8) is 0 Å². The van der Waals surface area contributed by atoms with Crippen molar-refractivity contribution in [2.75, 3.05) is 11.9 Å². The van der Waals surface area contributed by atoms with Crippen molar-refractivity contribution in [1.82, 2.24) is 4.98 Å². The molecule has 0 saturated heterocycles. The van der Waals surface area contributed by atoms with Crippen molar-refractivity contribution >= 4 is 55.1 Å². The van der Waals surface area contributed by atoms with E-state index in [1.54, 1.807) is 0 Å². The molecule has 3 fully saturated rings. The van der Waals surface area contributed by atoms with E-state index in [-0.39, 0.29) is 0 Å². The third kappa shape index (κ3) is 3.29. The van der Waals surface area contributed by atoms with Crippen molar-refractivity contribution in [2.45, 2.75) is 45.1 Å². The molecule has 4 nitrogen and oxygen atoms in total. The van der Waals surface area contributed by atoms with Crippen LogP contribution >= 0.6 is 38.5 Å². The molecule has 0 aliphatic heterocycles. The summed E-state index contributed by atoms with van der Waals surface area (Å²) in [5.41, 5.74) is 2.01. The Bertz CT molecular complexity index is 931. The van der Waals surface area contributed by atoms with Gasteiger partial charge >= 0.3 is 0 Å². The van der Waals surface area contributed by atoms with Gasteiger partial charge in [0.05, 0.1) is 26.4 Å². The van der Waals surface area contributed by atoms with Gasteiger partial charge in [0.1, 0.15) is 5.52 Å². The Labute approximate surface area is 180 Å². The van der Waals surface area contributed by atoms with Gasteiger partial charge in [-0.15, -0.1) is 0 Å². The largest absolute Gasteiger partial charge is 0.477 e. The molecule has 0 spiro atoms. The summed E-state index contributed by atoms with van der Waals surface area (Å²) >= 11 is 5.60. The Hall–Kier alpha value is -1.14. The molecule has 0 amide bonds. The number of ether oxygens (including phenoxy) is 1. The number of anilines is 1. The lowest BCUT2D eigenvalue weighted by Gasteiger charge is -2.37. The molecular weight excluding hydrogens is 524 g/mol. The Morgan fingerprint density at radius 2 is 2.19 bits per heavy atom. The van der Waals surface area contributed by atoms with E-state index in [0.29, 0.717) is 53.2 Å². The number of aromatic nitrogens is 1. The Morgan fingerprint density at radius 3 is 2.81 bits per heavy atom. The van der Waals surface area contributed by atoms with Crippen LogP contribution in [0.2, 0.25) is 0 Å². The first-order valence-corrected chi connectivity index (χ1v) is 11.2. The first kappa shape index (κ1) is 19.2. The van der Waals surface area contributed by atoms with Crippen LogP contribution in [0.3, 0.4) is 0 Å². The highest BCUT2D eigenvalue weighted by molar-refractivity contribution is 14.1. The zero-order valence-electron chi connectivity index (χ0n) is 15.0. The maximum absolute atomic E-state index is 15.1. The predicted octanol–water partition coefficient (Wildman–Crippen LogP) is 5.81. The molecule has 1 aromatic carbocycles. The maximum atomic E-state index is 15.1. The smallest absolute Gasteiger partial charge is 0.229 e. The summed E-state index contributed by atoms with van der Waals surface area (Å²) in [5, 5.41) is 13.4. The second kappa shape index (κ2) is 7.70. The van der Waals surface area contributed by atoms with Gasteiger partial charge < -0.3 is 10.1 Å². The lowest BCUT2D eigenvalue weighted by atomic mass is 9.78. The third-order valence-corrected chi connectivity index (χ3v) is 7.63. The summed E-state index contributed by atoms with van der Waals surface area (Å²) in [6.07, 6.45) is 4.69. The molecule has 1 heterocycles. The normalized spacial score (nSPS) is 23.1. The van der Waals surface area contributed by atoms with Gasteiger partial charge in [-0.05, 0) is 94.6 Å². The first-order chi connectivity index (χ1) is 13.0. The minimum atomic E-state index is -0.391. The van der Waals surface area contributed by atoms with Crippen molar-refractivity contribution < 1.29 is 9.13 Å². The fourth-order valence-electron chi connectivity index (χ4n) is 4.39. The SMILES string of the molecule is CCOc1nc2c(F)c(Br)c(CCC#N)cc2c(N[C@@H]2[C@@H]3CC[C@H]2C3)c1I. The second-order valence-electron chi connectivity index (χ2n) is 7.26. The number of nitrogens with zero attached hydrogens (tertiary/aromatic N) is 2. The van der Waals surface area contributed by atoms with Gasteiger partial charge in [0.15, 0.2) is 5.82 Å². The molecule has 1 aromatic heterocycles. The van der Waals surface area contributed by atoms with Gasteiger partial charge in [-0.2, -0.15) is 5.26 Å². The van der Waals surface area contributed by atoms with Crippen LogP contribution < -0.4 is 10.1 Å². The summed E-state index contributed by atoms with van der Waals surface area (Å²) in [4.78, 5) is 4.47. The number of fused-ring (bicyclic) bond motifs is 2. The van der Waals surface area contributed by atoms with Gasteiger partial charge in [0.25, 0.3) is 0 Å². The maximum Gasteiger partial charge on any atom is 0.229 e. The van der Waals surface area contributed by atoms with E-state index in [1.807, 2.05) is 13.0 Å². The van der Waals surface area contributed by atoms with Gasteiger partial charge in [-0.1, -0.05) is 0 Å². The molecule has 2 aromatic rings. The predicted molar refractivity (Wildman–Crippen MR) is 115 cm³/mol. The molecule has 3 aliphatic rings. The Kier molecular flexibility index (Phi) is 5.48. The van der Waals surface area contributed by atoms with E-state index in [2.05, 4.69) is 54.9 Å². The average molecular weight is 544 g/mol. The molecule has 3 atom stereocenters. The minimum absolute atomic E-state index is 0.306. The molecule has 0 radical (unpaired) electrons. The Morgan fingerprint density at radius 1 is 1.44 bits per heavy atom. The van der Waals surface area contributed by atoms with Gasteiger partial charge in [-0.25, -0.2) is 9.37 Å². The van der Waals surface area contributed by atoms with Crippen LogP contribution in [0.25, 0.3) is 10.9 Å². The number of benzene rings is 1. The zero-order valence-corrected chi connectivity index (χ0v) is 18.7. The molecule has 5 rings (SSSR count).